The first-order valence-electron chi connectivity index (χ1n) is 10.4. The van der Waals surface area contributed by atoms with Crippen molar-refractivity contribution in [3.05, 3.63) is 88.5 Å². The summed E-state index contributed by atoms with van der Waals surface area (Å²) in [4.78, 5) is 15.1. The number of hydrogen-bond acceptors (Lipinski definition) is 4. The third-order valence-corrected chi connectivity index (χ3v) is 7.25. The highest BCUT2D eigenvalue weighted by Gasteiger charge is 2.23. The van der Waals surface area contributed by atoms with Crippen LogP contribution in [-0.2, 0) is 23.0 Å². The van der Waals surface area contributed by atoms with Gasteiger partial charge in [0.05, 0.1) is 12.0 Å². The lowest BCUT2D eigenvalue weighted by Gasteiger charge is -2.29. The number of fused-ring (bicyclic) bond motifs is 1. The summed E-state index contributed by atoms with van der Waals surface area (Å²) in [5.41, 5.74) is 4.80. The number of carbonyl (C=O) groups excluding carboxylic acids is 1. The van der Waals surface area contributed by atoms with Gasteiger partial charge in [-0.3, -0.25) is 9.52 Å². The first kappa shape index (κ1) is 21.9. The molecule has 0 atom stereocenters. The number of sulfonamides is 1. The molecule has 0 aromatic heterocycles. The van der Waals surface area contributed by atoms with Crippen LogP contribution in [0.3, 0.4) is 0 Å². The third-order valence-electron chi connectivity index (χ3n) is 5.73. The Kier molecular flexibility index (Phi) is 5.93. The first-order valence-corrected chi connectivity index (χ1v) is 11.9. The predicted octanol–water partition coefficient (Wildman–Crippen LogP) is 4.31. The predicted molar refractivity (Wildman–Crippen MR) is 125 cm³/mol. The van der Waals surface area contributed by atoms with E-state index in [0.717, 1.165) is 23.3 Å². The molecule has 0 fully saturated rings. The Morgan fingerprint density at radius 1 is 0.969 bits per heavy atom. The molecule has 0 bridgehead atoms. The van der Waals surface area contributed by atoms with Crippen molar-refractivity contribution in [3.8, 4) is 5.75 Å². The van der Waals surface area contributed by atoms with Crippen molar-refractivity contribution in [2.75, 3.05) is 18.4 Å². The summed E-state index contributed by atoms with van der Waals surface area (Å²) in [6.07, 6.45) is 0.790. The molecule has 1 N–H and O–H groups in total. The number of methoxy groups -OCH3 is 1. The monoisotopic (exact) mass is 450 g/mol. The van der Waals surface area contributed by atoms with Crippen LogP contribution in [0.15, 0.2) is 65.6 Å². The fourth-order valence-corrected chi connectivity index (χ4v) is 5.29. The highest BCUT2D eigenvalue weighted by molar-refractivity contribution is 7.92. The number of nitrogens with zero attached hydrogens (tertiary/aromatic N) is 1. The minimum absolute atomic E-state index is 0.0811. The molecule has 4 rings (SSSR count). The number of nitrogens with one attached hydrogen (secondary N) is 1. The normalized spacial score (nSPS) is 13.4. The van der Waals surface area contributed by atoms with E-state index in [4.69, 9.17) is 4.74 Å². The standard InChI is InChI=1S/C25H26N2O4S/c1-17-4-5-18(2)24(14-17)32(29,30)26-22-9-6-20(7-10-22)25(28)27-13-12-19-8-11-23(31-3)15-21(19)16-27/h4-11,14-15,26H,12-13,16H2,1-3H3. The summed E-state index contributed by atoms with van der Waals surface area (Å²) in [7, 11) is -2.09. The molecule has 166 valence electrons. The topological polar surface area (TPSA) is 75.7 Å². The van der Waals surface area contributed by atoms with Gasteiger partial charge in [0.15, 0.2) is 0 Å². The van der Waals surface area contributed by atoms with Gasteiger partial charge in [-0.25, -0.2) is 8.42 Å². The maximum absolute atomic E-state index is 13.0. The lowest BCUT2D eigenvalue weighted by atomic mass is 9.99. The van der Waals surface area contributed by atoms with Gasteiger partial charge in [0.25, 0.3) is 15.9 Å². The second-order valence-electron chi connectivity index (χ2n) is 8.06. The van der Waals surface area contributed by atoms with E-state index in [0.29, 0.717) is 29.9 Å². The van der Waals surface area contributed by atoms with Gasteiger partial charge in [0.1, 0.15) is 5.75 Å². The van der Waals surface area contributed by atoms with Crippen molar-refractivity contribution < 1.29 is 17.9 Å². The zero-order valence-corrected chi connectivity index (χ0v) is 19.2. The van der Waals surface area contributed by atoms with E-state index in [1.54, 1.807) is 55.3 Å². The fourth-order valence-electron chi connectivity index (χ4n) is 3.90. The molecular formula is C25H26N2O4S. The first-order chi connectivity index (χ1) is 15.3. The van der Waals surface area contributed by atoms with Crippen LogP contribution in [0.4, 0.5) is 5.69 Å². The molecule has 6 nitrogen and oxygen atoms in total. The average molecular weight is 451 g/mol. The molecule has 0 spiro atoms. The molecule has 7 heteroatoms. The number of hydrogen-bond donors (Lipinski definition) is 1. The summed E-state index contributed by atoms with van der Waals surface area (Å²) < 4.78 is 33.5. The van der Waals surface area contributed by atoms with Crippen molar-refractivity contribution in [2.24, 2.45) is 0 Å². The molecule has 1 heterocycles. The summed E-state index contributed by atoms with van der Waals surface area (Å²) in [6, 6.07) is 17.8. The van der Waals surface area contributed by atoms with Gasteiger partial charge < -0.3 is 9.64 Å². The largest absolute Gasteiger partial charge is 0.497 e. The number of ether oxygens (including phenoxy) is 1. The Bertz CT molecular complexity index is 1270. The van der Waals surface area contributed by atoms with Gasteiger partial charge in [-0.15, -0.1) is 0 Å². The molecule has 1 aliphatic heterocycles. The van der Waals surface area contributed by atoms with E-state index in [9.17, 15) is 13.2 Å². The number of amides is 1. The third kappa shape index (κ3) is 4.48. The van der Waals surface area contributed by atoms with Crippen LogP contribution in [0, 0.1) is 13.8 Å². The summed E-state index contributed by atoms with van der Waals surface area (Å²) >= 11 is 0. The quantitative estimate of drug-likeness (QED) is 0.628. The number of carbonyl (C=O) groups is 1. The van der Waals surface area contributed by atoms with Crippen LogP contribution >= 0.6 is 0 Å². The number of rotatable bonds is 5. The van der Waals surface area contributed by atoms with Crippen LogP contribution in [0.2, 0.25) is 0 Å². The number of anilines is 1. The number of benzene rings is 3. The minimum Gasteiger partial charge on any atom is -0.497 e. The van der Waals surface area contributed by atoms with Gasteiger partial charge in [-0.05, 0) is 85.0 Å². The van der Waals surface area contributed by atoms with E-state index in [1.807, 2.05) is 31.2 Å². The number of aryl methyl sites for hydroxylation is 2. The molecule has 1 aliphatic rings. The molecule has 32 heavy (non-hydrogen) atoms. The van der Waals surface area contributed by atoms with Crippen LogP contribution in [0.1, 0.15) is 32.6 Å². The van der Waals surface area contributed by atoms with Gasteiger partial charge in [-0.1, -0.05) is 18.2 Å². The van der Waals surface area contributed by atoms with Crippen LogP contribution < -0.4 is 9.46 Å². The minimum atomic E-state index is -3.72. The van der Waals surface area contributed by atoms with Gasteiger partial charge >= 0.3 is 0 Å². The van der Waals surface area contributed by atoms with E-state index in [2.05, 4.69) is 4.72 Å². The van der Waals surface area contributed by atoms with Crippen molar-refractivity contribution in [2.45, 2.75) is 31.7 Å². The summed E-state index contributed by atoms with van der Waals surface area (Å²) in [5, 5.41) is 0. The van der Waals surface area contributed by atoms with E-state index >= 15 is 0 Å². The molecule has 0 unspecified atom stereocenters. The van der Waals surface area contributed by atoms with Gasteiger partial charge in [0.2, 0.25) is 0 Å². The van der Waals surface area contributed by atoms with Crippen LogP contribution in [0.5, 0.6) is 5.75 Å². The highest BCUT2D eigenvalue weighted by atomic mass is 32.2. The van der Waals surface area contributed by atoms with Crippen molar-refractivity contribution >= 4 is 21.6 Å². The van der Waals surface area contributed by atoms with Gasteiger partial charge in [0, 0.05) is 24.3 Å². The second kappa shape index (κ2) is 8.67. The van der Waals surface area contributed by atoms with E-state index in [-0.39, 0.29) is 10.8 Å². The van der Waals surface area contributed by atoms with Crippen molar-refractivity contribution in [3.63, 3.8) is 0 Å². The molecule has 3 aromatic rings. The maximum atomic E-state index is 13.0. The lowest BCUT2D eigenvalue weighted by Crippen LogP contribution is -2.35. The molecule has 0 saturated carbocycles. The Labute approximate surface area is 188 Å². The Morgan fingerprint density at radius 2 is 1.72 bits per heavy atom. The molecular weight excluding hydrogens is 424 g/mol. The Balaban J connectivity index is 1.49. The summed E-state index contributed by atoms with van der Waals surface area (Å²) in [6.45, 7) is 4.78. The van der Waals surface area contributed by atoms with Gasteiger partial charge in [-0.2, -0.15) is 0 Å². The smallest absolute Gasteiger partial charge is 0.262 e. The maximum Gasteiger partial charge on any atom is 0.262 e. The Hall–Kier alpha value is -3.32. The van der Waals surface area contributed by atoms with Crippen LogP contribution in [0.25, 0.3) is 0 Å². The van der Waals surface area contributed by atoms with E-state index < -0.39 is 10.0 Å². The Morgan fingerprint density at radius 3 is 2.44 bits per heavy atom. The zero-order chi connectivity index (χ0) is 22.9. The average Bonchev–Trinajstić information content (AvgIpc) is 2.79. The second-order valence-corrected chi connectivity index (χ2v) is 9.71. The highest BCUT2D eigenvalue weighted by Crippen LogP contribution is 2.26. The van der Waals surface area contributed by atoms with Crippen LogP contribution in [-0.4, -0.2) is 32.9 Å². The molecule has 1 amide bonds. The fraction of sp³-hybridized carbons (Fsp3) is 0.240. The molecule has 0 radical (unpaired) electrons. The zero-order valence-electron chi connectivity index (χ0n) is 18.4. The SMILES string of the molecule is COc1ccc2c(c1)CN(C(=O)c1ccc(NS(=O)(=O)c3cc(C)ccc3C)cc1)CC2. The molecule has 3 aromatic carbocycles. The van der Waals surface area contributed by atoms with Crippen molar-refractivity contribution in [1.82, 2.24) is 4.90 Å². The molecule has 0 aliphatic carbocycles. The van der Waals surface area contributed by atoms with E-state index in [1.165, 1.54) is 5.56 Å². The lowest BCUT2D eigenvalue weighted by molar-refractivity contribution is 0.0734. The summed E-state index contributed by atoms with van der Waals surface area (Å²) in [5.74, 6) is 0.695. The molecule has 0 saturated heterocycles. The van der Waals surface area contributed by atoms with Crippen molar-refractivity contribution in [1.29, 1.82) is 0 Å².